The number of nitro groups is 1. The average Bonchev–Trinajstić information content (AvgIpc) is 2.45. The van der Waals surface area contributed by atoms with Gasteiger partial charge in [0.05, 0.1) is 4.92 Å². The van der Waals surface area contributed by atoms with Gasteiger partial charge in [0.1, 0.15) is 6.61 Å². The van der Waals surface area contributed by atoms with Crippen molar-refractivity contribution in [3.05, 3.63) is 67.1 Å². The van der Waals surface area contributed by atoms with E-state index in [1.165, 1.54) is 6.07 Å². The van der Waals surface area contributed by atoms with Gasteiger partial charge in [-0.2, -0.15) is 0 Å². The molecule has 2 rings (SSSR count). The largest absolute Gasteiger partial charge is 0.482 e. The van der Waals surface area contributed by atoms with Gasteiger partial charge in [0.15, 0.2) is 5.75 Å². The molecule has 0 saturated carbocycles. The quantitative estimate of drug-likeness (QED) is 0.635. The summed E-state index contributed by atoms with van der Waals surface area (Å²) in [6.45, 7) is 0.425. The summed E-state index contributed by atoms with van der Waals surface area (Å²) in [6, 6.07) is 9.94. The first-order chi connectivity index (χ1) is 10.0. The molecule has 0 amide bonds. The predicted molar refractivity (Wildman–Crippen MR) is 84.5 cm³/mol. The lowest BCUT2D eigenvalue weighted by atomic mass is 10.2. The van der Waals surface area contributed by atoms with E-state index in [1.54, 1.807) is 24.3 Å². The zero-order valence-electron chi connectivity index (χ0n) is 10.9. The van der Waals surface area contributed by atoms with Crippen molar-refractivity contribution in [2.75, 3.05) is 0 Å². The number of nitrogens with zero attached hydrogens (tertiary/aromatic N) is 1. The molecule has 0 aromatic heterocycles. The molecule has 0 radical (unpaired) electrons. The van der Waals surface area contributed by atoms with Crippen LogP contribution in [0.4, 0.5) is 5.69 Å². The third-order valence-corrected chi connectivity index (χ3v) is 3.70. The molecular formula is C14H12BrClN2O3. The lowest BCUT2D eigenvalue weighted by Gasteiger charge is -2.09. The van der Waals surface area contributed by atoms with Gasteiger partial charge in [-0.15, -0.1) is 0 Å². The molecule has 2 aromatic carbocycles. The molecule has 0 atom stereocenters. The molecule has 5 nitrogen and oxygen atoms in total. The third-order valence-electron chi connectivity index (χ3n) is 2.85. The minimum Gasteiger partial charge on any atom is -0.482 e. The molecule has 0 unspecified atom stereocenters. The normalized spacial score (nSPS) is 10.4. The van der Waals surface area contributed by atoms with Gasteiger partial charge in [0.25, 0.3) is 0 Å². The Morgan fingerprint density at radius 3 is 2.67 bits per heavy atom. The van der Waals surface area contributed by atoms with E-state index < -0.39 is 4.92 Å². The van der Waals surface area contributed by atoms with Crippen LogP contribution in [0.2, 0.25) is 5.02 Å². The maximum atomic E-state index is 11.0. The third kappa shape index (κ3) is 3.93. The molecule has 110 valence electrons. The number of nitro benzene ring substituents is 1. The summed E-state index contributed by atoms with van der Waals surface area (Å²) in [5.41, 5.74) is 6.95. The molecule has 0 saturated heterocycles. The average molecular weight is 372 g/mol. The topological polar surface area (TPSA) is 78.4 Å². The number of ether oxygens (including phenoxy) is 1. The Balaban J connectivity index is 2.24. The summed E-state index contributed by atoms with van der Waals surface area (Å²) in [4.78, 5) is 10.5. The van der Waals surface area contributed by atoms with Gasteiger partial charge in [0.2, 0.25) is 0 Å². The number of hydrogen-bond acceptors (Lipinski definition) is 4. The number of hydrogen-bond donors (Lipinski definition) is 1. The molecule has 0 aliphatic carbocycles. The second-order valence-corrected chi connectivity index (χ2v) is 5.61. The van der Waals surface area contributed by atoms with Gasteiger partial charge >= 0.3 is 5.69 Å². The van der Waals surface area contributed by atoms with E-state index >= 15 is 0 Å². The van der Waals surface area contributed by atoms with Crippen molar-refractivity contribution in [1.29, 1.82) is 0 Å². The summed E-state index contributed by atoms with van der Waals surface area (Å²) in [6.07, 6.45) is 0. The Kier molecular flexibility index (Phi) is 5.17. The molecule has 7 heteroatoms. The monoisotopic (exact) mass is 370 g/mol. The van der Waals surface area contributed by atoms with Crippen molar-refractivity contribution in [1.82, 2.24) is 0 Å². The summed E-state index contributed by atoms with van der Waals surface area (Å²) >= 11 is 9.41. The first-order valence-electron chi connectivity index (χ1n) is 6.05. The zero-order valence-corrected chi connectivity index (χ0v) is 13.2. The molecule has 2 aromatic rings. The number of halogens is 2. The van der Waals surface area contributed by atoms with Crippen LogP contribution in [0.25, 0.3) is 0 Å². The van der Waals surface area contributed by atoms with Crippen LogP contribution in [-0.4, -0.2) is 4.92 Å². The molecule has 0 bridgehead atoms. The van der Waals surface area contributed by atoms with Crippen LogP contribution in [0.1, 0.15) is 11.1 Å². The first kappa shape index (κ1) is 15.8. The summed E-state index contributed by atoms with van der Waals surface area (Å²) in [5.74, 6) is 0.182. The highest BCUT2D eigenvalue weighted by Gasteiger charge is 2.16. The van der Waals surface area contributed by atoms with Crippen LogP contribution in [0.15, 0.2) is 40.9 Å². The maximum Gasteiger partial charge on any atom is 0.310 e. The maximum absolute atomic E-state index is 11.0. The Morgan fingerprint density at radius 2 is 2.05 bits per heavy atom. The van der Waals surface area contributed by atoms with E-state index in [9.17, 15) is 10.1 Å². The van der Waals surface area contributed by atoms with Crippen molar-refractivity contribution in [3.63, 3.8) is 0 Å². The smallest absolute Gasteiger partial charge is 0.310 e. The highest BCUT2D eigenvalue weighted by atomic mass is 79.9. The minimum absolute atomic E-state index is 0.0968. The molecular weight excluding hydrogens is 360 g/mol. The van der Waals surface area contributed by atoms with Crippen molar-refractivity contribution < 1.29 is 9.66 Å². The van der Waals surface area contributed by atoms with Gasteiger partial charge in [-0.1, -0.05) is 39.7 Å². The van der Waals surface area contributed by atoms with E-state index in [0.29, 0.717) is 5.02 Å². The van der Waals surface area contributed by atoms with E-state index in [0.717, 1.165) is 15.6 Å². The van der Waals surface area contributed by atoms with E-state index in [2.05, 4.69) is 15.9 Å². The first-order valence-corrected chi connectivity index (χ1v) is 7.22. The highest BCUT2D eigenvalue weighted by Crippen LogP contribution is 2.30. The SMILES string of the molecule is NCc1ccc([N+](=O)[O-])c(OCc2ccc(Br)cc2Cl)c1. The molecule has 0 aliphatic rings. The summed E-state index contributed by atoms with van der Waals surface area (Å²) < 4.78 is 6.40. The number of nitrogens with two attached hydrogens (primary N) is 1. The van der Waals surface area contributed by atoms with Gasteiger partial charge < -0.3 is 10.5 Å². The van der Waals surface area contributed by atoms with Crippen molar-refractivity contribution in [2.45, 2.75) is 13.2 Å². The minimum atomic E-state index is -0.487. The van der Waals surface area contributed by atoms with Gasteiger partial charge in [0, 0.05) is 27.7 Å². The van der Waals surface area contributed by atoms with Crippen LogP contribution in [-0.2, 0) is 13.2 Å². The zero-order chi connectivity index (χ0) is 15.4. The Labute approximate surface area is 134 Å². The van der Waals surface area contributed by atoms with Gasteiger partial charge in [-0.3, -0.25) is 10.1 Å². The molecule has 0 aliphatic heterocycles. The van der Waals surface area contributed by atoms with Crippen LogP contribution in [0.5, 0.6) is 5.75 Å². The lowest BCUT2D eigenvalue weighted by molar-refractivity contribution is -0.386. The van der Waals surface area contributed by atoms with E-state index in [4.69, 9.17) is 22.1 Å². The van der Waals surface area contributed by atoms with Crippen LogP contribution >= 0.6 is 27.5 Å². The standard InChI is InChI=1S/C14H12BrClN2O3/c15-11-3-2-10(12(16)6-11)8-21-14-5-9(7-17)1-4-13(14)18(19)20/h1-6H,7-8,17H2. The summed E-state index contributed by atoms with van der Waals surface area (Å²) in [5, 5.41) is 11.5. The van der Waals surface area contributed by atoms with Crippen LogP contribution in [0, 0.1) is 10.1 Å². The predicted octanol–water partition coefficient (Wildman–Crippen LogP) is 4.05. The fourth-order valence-corrected chi connectivity index (χ4v) is 2.47. The molecule has 21 heavy (non-hydrogen) atoms. The Morgan fingerprint density at radius 1 is 1.29 bits per heavy atom. The van der Waals surface area contributed by atoms with E-state index in [-0.39, 0.29) is 24.6 Å². The molecule has 2 N–H and O–H groups in total. The van der Waals surface area contributed by atoms with Gasteiger partial charge in [-0.05, 0) is 23.8 Å². The number of rotatable bonds is 5. The van der Waals surface area contributed by atoms with Crippen LogP contribution in [0.3, 0.4) is 0 Å². The second-order valence-electron chi connectivity index (χ2n) is 4.29. The second kappa shape index (κ2) is 6.89. The Bertz CT molecular complexity index is 679. The molecule has 0 spiro atoms. The summed E-state index contributed by atoms with van der Waals surface area (Å²) in [7, 11) is 0. The Hall–Kier alpha value is -1.63. The fourth-order valence-electron chi connectivity index (χ4n) is 1.75. The lowest BCUT2D eigenvalue weighted by Crippen LogP contribution is -2.02. The fraction of sp³-hybridized carbons (Fsp3) is 0.143. The van der Waals surface area contributed by atoms with E-state index in [1.807, 2.05) is 6.07 Å². The van der Waals surface area contributed by atoms with Crippen molar-refractivity contribution in [2.24, 2.45) is 5.73 Å². The van der Waals surface area contributed by atoms with Gasteiger partial charge in [-0.25, -0.2) is 0 Å². The molecule has 0 heterocycles. The van der Waals surface area contributed by atoms with Crippen LogP contribution < -0.4 is 10.5 Å². The van der Waals surface area contributed by atoms with Crippen molar-refractivity contribution >= 4 is 33.2 Å². The highest BCUT2D eigenvalue weighted by molar-refractivity contribution is 9.10. The number of benzene rings is 2. The molecule has 0 fully saturated rings. The van der Waals surface area contributed by atoms with Crippen molar-refractivity contribution in [3.8, 4) is 5.75 Å².